The molecular weight excluding hydrogens is 480 g/mol. The molecule has 3 N–H and O–H groups in total. The average Bonchev–Trinajstić information content (AvgIpc) is 3.35. The molecule has 0 spiro atoms. The van der Waals surface area contributed by atoms with Crippen molar-refractivity contribution in [2.24, 2.45) is 0 Å². The Morgan fingerprint density at radius 3 is 2.62 bits per heavy atom. The zero-order valence-corrected chi connectivity index (χ0v) is 19.6. The van der Waals surface area contributed by atoms with E-state index in [0.717, 1.165) is 0 Å². The molecule has 0 unspecified atom stereocenters. The molecule has 176 valence electrons. The van der Waals surface area contributed by atoms with Crippen molar-refractivity contribution in [2.75, 3.05) is 17.3 Å². The van der Waals surface area contributed by atoms with Crippen LogP contribution in [-0.4, -0.2) is 61.1 Å². The van der Waals surface area contributed by atoms with Gasteiger partial charge in [-0.2, -0.15) is 16.4 Å². The molecule has 12 heteroatoms. The van der Waals surface area contributed by atoms with E-state index in [1.54, 1.807) is 36.0 Å². The third-order valence-electron chi connectivity index (χ3n) is 4.64. The highest BCUT2D eigenvalue weighted by atomic mass is 35.5. The van der Waals surface area contributed by atoms with Gasteiger partial charge in [0, 0.05) is 22.3 Å². The van der Waals surface area contributed by atoms with Gasteiger partial charge in [0.25, 0.3) is 0 Å². The number of thioether (sulfide) groups is 1. The molecule has 1 heterocycles. The lowest BCUT2D eigenvalue weighted by Crippen LogP contribution is -2.43. The first-order chi connectivity index (χ1) is 16.4. The second-order valence-corrected chi connectivity index (χ2v) is 8.43. The molecule has 0 radical (unpaired) electrons. The van der Waals surface area contributed by atoms with Gasteiger partial charge in [-0.25, -0.2) is 4.79 Å². The van der Waals surface area contributed by atoms with Gasteiger partial charge in [-0.1, -0.05) is 11.6 Å². The molecule has 10 nitrogen and oxygen atoms in total. The van der Waals surface area contributed by atoms with Gasteiger partial charge in [-0.05, 0) is 77.4 Å². The van der Waals surface area contributed by atoms with E-state index >= 15 is 0 Å². The minimum absolute atomic E-state index is 0.109. The molecule has 2 amide bonds. The Kier molecular flexibility index (Phi) is 8.77. The van der Waals surface area contributed by atoms with Gasteiger partial charge in [0.05, 0.1) is 11.3 Å². The number of benzene rings is 2. The van der Waals surface area contributed by atoms with E-state index < -0.39 is 23.8 Å². The zero-order valence-electron chi connectivity index (χ0n) is 18.0. The second-order valence-electron chi connectivity index (χ2n) is 7.01. The minimum atomic E-state index is -1.06. The number of carbonyl (C=O) groups excluding carboxylic acids is 2. The molecule has 0 aliphatic heterocycles. The van der Waals surface area contributed by atoms with Gasteiger partial charge in [0.15, 0.2) is 0 Å². The molecule has 1 atom stereocenters. The normalized spacial score (nSPS) is 11.8. The fraction of sp³-hybridized carbons (Fsp3) is 0.182. The quantitative estimate of drug-likeness (QED) is 0.361. The summed E-state index contributed by atoms with van der Waals surface area (Å²) in [7, 11) is 0. The van der Waals surface area contributed by atoms with Crippen LogP contribution in [0, 0.1) is 0 Å². The number of halogens is 1. The summed E-state index contributed by atoms with van der Waals surface area (Å²) in [4.78, 5) is 36.4. The SMILES string of the molecule is CSCC[C@H](NC(=O)C=Cc1cc(Cl)ccc1-n1cnnn1)C(=O)Nc1ccc(C(=O)O)cc1. The monoisotopic (exact) mass is 500 g/mol. The number of carboxylic acids is 1. The van der Waals surface area contributed by atoms with Crippen molar-refractivity contribution in [3.05, 3.63) is 71.0 Å². The summed E-state index contributed by atoms with van der Waals surface area (Å²) in [5.74, 6) is -1.28. The number of anilines is 1. The lowest BCUT2D eigenvalue weighted by molar-refractivity contribution is -0.123. The lowest BCUT2D eigenvalue weighted by Gasteiger charge is -2.17. The van der Waals surface area contributed by atoms with Crippen LogP contribution in [0.25, 0.3) is 11.8 Å². The number of nitrogens with one attached hydrogen (secondary N) is 2. The highest BCUT2D eigenvalue weighted by Gasteiger charge is 2.20. The summed E-state index contributed by atoms with van der Waals surface area (Å²) in [5, 5.41) is 26.0. The summed E-state index contributed by atoms with van der Waals surface area (Å²) in [6.07, 6.45) is 6.60. The van der Waals surface area contributed by atoms with Crippen molar-refractivity contribution in [3.63, 3.8) is 0 Å². The van der Waals surface area contributed by atoms with E-state index in [-0.39, 0.29) is 5.56 Å². The summed E-state index contributed by atoms with van der Waals surface area (Å²) in [6, 6.07) is 10.1. The number of tetrazole rings is 1. The third kappa shape index (κ3) is 6.90. The van der Waals surface area contributed by atoms with Crippen LogP contribution in [0.15, 0.2) is 54.9 Å². The number of rotatable bonds is 10. The van der Waals surface area contributed by atoms with Gasteiger partial charge < -0.3 is 15.7 Å². The average molecular weight is 501 g/mol. The van der Waals surface area contributed by atoms with Crippen LogP contribution in [-0.2, 0) is 9.59 Å². The van der Waals surface area contributed by atoms with Crippen LogP contribution in [0.5, 0.6) is 0 Å². The standard InChI is InChI=1S/C22H21ClN6O4S/c1-34-11-10-18(21(31)25-17-6-2-14(3-7-17)22(32)33)26-20(30)9-4-15-12-16(23)5-8-19(15)29-13-24-27-28-29/h2-9,12-13,18H,10-11H2,1H3,(H,25,31)(H,26,30)(H,32,33)/t18-/m0/s1. The Morgan fingerprint density at radius 1 is 1.21 bits per heavy atom. The number of carbonyl (C=O) groups is 3. The molecule has 1 aromatic heterocycles. The van der Waals surface area contributed by atoms with Gasteiger partial charge in [0.2, 0.25) is 11.8 Å². The Labute approximate surface area is 204 Å². The number of amides is 2. The largest absolute Gasteiger partial charge is 0.478 e. The molecule has 2 aromatic carbocycles. The van der Waals surface area contributed by atoms with E-state index in [1.807, 2.05) is 6.26 Å². The summed E-state index contributed by atoms with van der Waals surface area (Å²) in [6.45, 7) is 0. The van der Waals surface area contributed by atoms with Crippen LogP contribution >= 0.6 is 23.4 Å². The first kappa shape index (κ1) is 24.9. The topological polar surface area (TPSA) is 139 Å². The van der Waals surface area contributed by atoms with E-state index in [2.05, 4.69) is 26.2 Å². The first-order valence-electron chi connectivity index (χ1n) is 10.0. The summed E-state index contributed by atoms with van der Waals surface area (Å²) < 4.78 is 1.44. The predicted octanol–water partition coefficient (Wildman–Crippen LogP) is 2.90. The zero-order chi connectivity index (χ0) is 24.5. The Hall–Kier alpha value is -3.70. The van der Waals surface area contributed by atoms with Crippen molar-refractivity contribution in [1.29, 1.82) is 0 Å². The van der Waals surface area contributed by atoms with E-state index in [4.69, 9.17) is 16.7 Å². The molecule has 0 fully saturated rings. The number of hydrogen-bond acceptors (Lipinski definition) is 7. The lowest BCUT2D eigenvalue weighted by atomic mass is 10.1. The molecule has 0 saturated heterocycles. The van der Waals surface area contributed by atoms with Crippen molar-refractivity contribution in [1.82, 2.24) is 25.5 Å². The van der Waals surface area contributed by atoms with Crippen LogP contribution in [0.2, 0.25) is 5.02 Å². The van der Waals surface area contributed by atoms with Crippen molar-refractivity contribution in [3.8, 4) is 5.69 Å². The number of hydrogen-bond donors (Lipinski definition) is 3. The molecule has 0 aliphatic carbocycles. The maximum Gasteiger partial charge on any atom is 0.335 e. The Morgan fingerprint density at radius 2 is 1.97 bits per heavy atom. The van der Waals surface area contributed by atoms with E-state index in [0.29, 0.717) is 34.1 Å². The van der Waals surface area contributed by atoms with Gasteiger partial charge in [0.1, 0.15) is 12.4 Å². The van der Waals surface area contributed by atoms with Gasteiger partial charge >= 0.3 is 5.97 Å². The fourth-order valence-corrected chi connectivity index (χ4v) is 3.61. The Balaban J connectivity index is 1.70. The van der Waals surface area contributed by atoms with Crippen LogP contribution < -0.4 is 10.6 Å². The minimum Gasteiger partial charge on any atom is -0.478 e. The third-order valence-corrected chi connectivity index (χ3v) is 5.52. The van der Waals surface area contributed by atoms with Crippen molar-refractivity contribution >= 4 is 52.9 Å². The molecule has 0 saturated carbocycles. The Bertz CT molecular complexity index is 1180. The summed E-state index contributed by atoms with van der Waals surface area (Å²) >= 11 is 7.64. The van der Waals surface area contributed by atoms with Crippen LogP contribution in [0.1, 0.15) is 22.3 Å². The number of nitrogens with zero attached hydrogens (tertiary/aromatic N) is 4. The first-order valence-corrected chi connectivity index (χ1v) is 11.8. The predicted molar refractivity (Wildman–Crippen MR) is 130 cm³/mol. The number of aromatic nitrogens is 4. The smallest absolute Gasteiger partial charge is 0.335 e. The van der Waals surface area contributed by atoms with Crippen LogP contribution in [0.4, 0.5) is 5.69 Å². The highest BCUT2D eigenvalue weighted by Crippen LogP contribution is 2.20. The maximum absolute atomic E-state index is 12.8. The van der Waals surface area contributed by atoms with Crippen molar-refractivity contribution in [2.45, 2.75) is 12.5 Å². The van der Waals surface area contributed by atoms with Crippen molar-refractivity contribution < 1.29 is 19.5 Å². The highest BCUT2D eigenvalue weighted by molar-refractivity contribution is 7.98. The molecule has 0 aliphatic rings. The van der Waals surface area contributed by atoms with Gasteiger partial charge in [-0.15, -0.1) is 5.10 Å². The second kappa shape index (κ2) is 12.0. The fourth-order valence-electron chi connectivity index (χ4n) is 2.95. The van der Waals surface area contributed by atoms with Crippen LogP contribution in [0.3, 0.4) is 0 Å². The number of aromatic carboxylic acids is 1. The molecule has 0 bridgehead atoms. The van der Waals surface area contributed by atoms with E-state index in [9.17, 15) is 14.4 Å². The molecule has 3 rings (SSSR count). The maximum atomic E-state index is 12.8. The molecular formula is C22H21ClN6O4S. The van der Waals surface area contributed by atoms with Gasteiger partial charge in [-0.3, -0.25) is 9.59 Å². The number of carboxylic acid groups (broad SMARTS) is 1. The molecule has 3 aromatic rings. The summed E-state index contributed by atoms with van der Waals surface area (Å²) in [5.41, 5.74) is 1.77. The molecule has 34 heavy (non-hydrogen) atoms. The van der Waals surface area contributed by atoms with E-state index in [1.165, 1.54) is 41.4 Å².